The Morgan fingerprint density at radius 1 is 1.19 bits per heavy atom. The maximum atomic E-state index is 10.2. The zero-order chi connectivity index (χ0) is 18.7. The van der Waals surface area contributed by atoms with Crippen molar-refractivity contribution >= 4 is 28.7 Å². The topological polar surface area (TPSA) is 152 Å². The van der Waals surface area contributed by atoms with Crippen molar-refractivity contribution in [1.82, 2.24) is 25.0 Å². The number of hydrogen-bond acceptors (Lipinski definition) is 10. The summed E-state index contributed by atoms with van der Waals surface area (Å²) in [6.45, 7) is 1.74. The Kier molecular flexibility index (Phi) is 6.24. The summed E-state index contributed by atoms with van der Waals surface area (Å²) in [6.07, 6.45) is 0.189. The number of nitrogen functional groups attached to an aromatic ring is 1. The van der Waals surface area contributed by atoms with E-state index in [1.807, 2.05) is 0 Å². The van der Waals surface area contributed by atoms with Crippen molar-refractivity contribution in [1.29, 1.82) is 0 Å². The first-order chi connectivity index (χ1) is 12.6. The van der Waals surface area contributed by atoms with Gasteiger partial charge in [-0.25, -0.2) is 9.97 Å². The summed E-state index contributed by atoms with van der Waals surface area (Å²) < 4.78 is 6.77. The predicted molar refractivity (Wildman–Crippen MR) is 95.4 cm³/mol. The number of unbranched alkanes of at least 4 members (excludes halogenated alkanes) is 3. The van der Waals surface area contributed by atoms with Crippen LogP contribution in [0.25, 0.3) is 11.2 Å². The maximum absolute atomic E-state index is 10.2. The summed E-state index contributed by atoms with van der Waals surface area (Å²) in [5, 5.41) is 37.8. The van der Waals surface area contributed by atoms with Gasteiger partial charge in [0.1, 0.15) is 18.3 Å². The van der Waals surface area contributed by atoms with Crippen LogP contribution in [0.5, 0.6) is 0 Å². The van der Waals surface area contributed by atoms with E-state index in [2.05, 4.69) is 27.2 Å². The van der Waals surface area contributed by atoms with E-state index in [9.17, 15) is 15.3 Å². The first kappa shape index (κ1) is 19.2. The quantitative estimate of drug-likeness (QED) is 0.280. The largest absolute Gasteiger partial charge is 0.394 e. The van der Waals surface area contributed by atoms with E-state index in [1.165, 1.54) is 29.3 Å². The van der Waals surface area contributed by atoms with Gasteiger partial charge in [-0.15, -0.1) is 5.10 Å². The van der Waals surface area contributed by atoms with Gasteiger partial charge in [0.25, 0.3) is 0 Å². The molecule has 11 heteroatoms. The molecule has 1 aliphatic heterocycles. The highest BCUT2D eigenvalue weighted by Gasteiger charge is 2.44. The molecule has 0 amide bonds. The number of fused-ring (bicyclic) bond motifs is 1. The van der Waals surface area contributed by atoms with E-state index in [0.717, 1.165) is 18.6 Å². The van der Waals surface area contributed by atoms with Gasteiger partial charge in [-0.05, 0) is 6.42 Å². The number of aliphatic hydroxyl groups excluding tert-OH is 3. The highest BCUT2D eigenvalue weighted by atomic mass is 32.2. The number of aliphatic hydroxyl groups is 3. The minimum absolute atomic E-state index is 0.198. The molecule has 0 saturated carbocycles. The first-order valence-corrected chi connectivity index (χ1v) is 9.69. The van der Waals surface area contributed by atoms with E-state index < -0.39 is 31.1 Å². The van der Waals surface area contributed by atoms with Crippen LogP contribution in [0.1, 0.15) is 38.8 Å². The zero-order valence-corrected chi connectivity index (χ0v) is 15.3. The SMILES string of the molecule is CCCCCCSc1nc(N)c2nnn([C@@H]3O[C@H](CO)[C@@H](O)[C@H]3O)c2n1. The summed E-state index contributed by atoms with van der Waals surface area (Å²) in [5.41, 5.74) is 6.59. The highest BCUT2D eigenvalue weighted by molar-refractivity contribution is 7.99. The fourth-order valence-electron chi connectivity index (χ4n) is 2.84. The van der Waals surface area contributed by atoms with Crippen molar-refractivity contribution in [3.8, 4) is 0 Å². The molecule has 4 atom stereocenters. The van der Waals surface area contributed by atoms with Crippen molar-refractivity contribution in [2.24, 2.45) is 0 Å². The average molecular weight is 384 g/mol. The molecule has 0 spiro atoms. The molecule has 26 heavy (non-hydrogen) atoms. The van der Waals surface area contributed by atoms with Gasteiger partial charge >= 0.3 is 0 Å². The van der Waals surface area contributed by atoms with Gasteiger partial charge in [0.05, 0.1) is 6.61 Å². The minimum Gasteiger partial charge on any atom is -0.394 e. The summed E-state index contributed by atoms with van der Waals surface area (Å²) in [6, 6.07) is 0. The van der Waals surface area contributed by atoms with Crippen LogP contribution in [0.3, 0.4) is 0 Å². The Labute approximate surface area is 154 Å². The van der Waals surface area contributed by atoms with E-state index >= 15 is 0 Å². The van der Waals surface area contributed by atoms with Crippen LogP contribution in [0.15, 0.2) is 5.16 Å². The fourth-order valence-corrected chi connectivity index (χ4v) is 3.69. The lowest BCUT2D eigenvalue weighted by molar-refractivity contribution is -0.0575. The molecule has 3 rings (SSSR count). The maximum Gasteiger partial charge on any atom is 0.191 e. The van der Waals surface area contributed by atoms with Crippen LogP contribution < -0.4 is 5.73 Å². The standard InChI is InChI=1S/C15H24N6O4S/c1-2-3-4-5-6-26-15-17-12(16)9-13(18-15)21(20-19-9)14-11(24)10(23)8(7-22)25-14/h8,10-11,14,22-24H,2-7H2,1H3,(H2,16,17,18)/t8-,10-,11-,14-/m1/s1. The van der Waals surface area contributed by atoms with Crippen LogP contribution in [-0.2, 0) is 4.74 Å². The molecule has 0 bridgehead atoms. The van der Waals surface area contributed by atoms with Crippen LogP contribution in [0, 0.1) is 0 Å². The smallest absolute Gasteiger partial charge is 0.191 e. The van der Waals surface area contributed by atoms with E-state index in [1.54, 1.807) is 0 Å². The van der Waals surface area contributed by atoms with Crippen molar-refractivity contribution in [2.45, 2.75) is 62.3 Å². The van der Waals surface area contributed by atoms with Gasteiger partial charge in [0.2, 0.25) is 0 Å². The summed E-state index contributed by atoms with van der Waals surface area (Å²) in [7, 11) is 0. The van der Waals surface area contributed by atoms with Crippen molar-refractivity contribution in [2.75, 3.05) is 18.1 Å². The highest BCUT2D eigenvalue weighted by Crippen LogP contribution is 2.31. The van der Waals surface area contributed by atoms with Crippen LogP contribution >= 0.6 is 11.8 Å². The van der Waals surface area contributed by atoms with Crippen molar-refractivity contribution in [3.63, 3.8) is 0 Å². The number of hydrogen-bond donors (Lipinski definition) is 4. The average Bonchev–Trinajstić information content (AvgIpc) is 3.17. The Morgan fingerprint density at radius 3 is 2.69 bits per heavy atom. The van der Waals surface area contributed by atoms with Crippen LogP contribution in [0.4, 0.5) is 5.82 Å². The number of nitrogens with two attached hydrogens (primary N) is 1. The second-order valence-electron chi connectivity index (χ2n) is 6.24. The molecule has 10 nitrogen and oxygen atoms in total. The molecule has 0 aromatic carbocycles. The second kappa shape index (κ2) is 8.44. The zero-order valence-electron chi connectivity index (χ0n) is 14.5. The van der Waals surface area contributed by atoms with Crippen molar-refractivity contribution < 1.29 is 20.1 Å². The third-order valence-corrected chi connectivity index (χ3v) is 5.25. The van der Waals surface area contributed by atoms with E-state index in [4.69, 9.17) is 10.5 Å². The monoisotopic (exact) mass is 384 g/mol. The van der Waals surface area contributed by atoms with Gasteiger partial charge in [-0.1, -0.05) is 43.2 Å². The third kappa shape index (κ3) is 3.76. The van der Waals surface area contributed by atoms with Gasteiger partial charge in [0, 0.05) is 5.75 Å². The molecule has 0 radical (unpaired) electrons. The molecule has 0 aliphatic carbocycles. The molecule has 1 fully saturated rings. The molecule has 1 aliphatic rings. The first-order valence-electron chi connectivity index (χ1n) is 8.70. The molecule has 5 N–H and O–H groups in total. The number of rotatable bonds is 8. The predicted octanol–water partition coefficient (Wildman–Crippen LogP) is 0.0874. The molecule has 144 valence electrons. The molecular formula is C15H24N6O4S. The molecular weight excluding hydrogens is 360 g/mol. The lowest BCUT2D eigenvalue weighted by Gasteiger charge is -2.14. The number of anilines is 1. The molecule has 3 heterocycles. The Morgan fingerprint density at radius 2 is 2.00 bits per heavy atom. The third-order valence-electron chi connectivity index (χ3n) is 4.32. The normalized spacial score (nSPS) is 26.0. The number of nitrogens with zero attached hydrogens (tertiary/aromatic N) is 5. The molecule has 2 aromatic heterocycles. The molecule has 2 aromatic rings. The number of ether oxygens (including phenoxy) is 1. The minimum atomic E-state index is -1.27. The van der Waals surface area contributed by atoms with Gasteiger partial charge in [-0.3, -0.25) is 0 Å². The van der Waals surface area contributed by atoms with Crippen molar-refractivity contribution in [3.05, 3.63) is 0 Å². The van der Waals surface area contributed by atoms with E-state index in [-0.39, 0.29) is 5.82 Å². The summed E-state index contributed by atoms with van der Waals surface area (Å²) >= 11 is 1.50. The Bertz CT molecular complexity index is 744. The van der Waals surface area contributed by atoms with E-state index in [0.29, 0.717) is 16.3 Å². The number of thioether (sulfide) groups is 1. The molecule has 1 saturated heterocycles. The second-order valence-corrected chi connectivity index (χ2v) is 7.30. The Balaban J connectivity index is 1.81. The fraction of sp³-hybridized carbons (Fsp3) is 0.733. The lowest BCUT2D eigenvalue weighted by Crippen LogP contribution is -2.33. The molecule has 0 unspecified atom stereocenters. The lowest BCUT2D eigenvalue weighted by atomic mass is 10.1. The number of aromatic nitrogens is 5. The van der Waals surface area contributed by atoms with Crippen LogP contribution in [0.2, 0.25) is 0 Å². The van der Waals surface area contributed by atoms with Gasteiger partial charge < -0.3 is 25.8 Å². The summed E-state index contributed by atoms with van der Waals surface area (Å²) in [4.78, 5) is 8.69. The van der Waals surface area contributed by atoms with Gasteiger partial charge in [-0.2, -0.15) is 4.68 Å². The Hall–Kier alpha value is -1.53. The van der Waals surface area contributed by atoms with Gasteiger partial charge in [0.15, 0.2) is 28.4 Å². The van der Waals surface area contributed by atoms with Crippen LogP contribution in [-0.4, -0.2) is 71.0 Å². The summed E-state index contributed by atoms with van der Waals surface area (Å²) in [5.74, 6) is 1.07.